The molecular weight excluding hydrogens is 278 g/mol. The standard InChI is InChI=1S/C15H20F2N2S/c1-14(2,3)19-20-13-7-11(16)10(6-12(13)17)8-15(4,5)9-18/h6-7,19H,8H2,1-5H3. The second kappa shape index (κ2) is 6.11. The third kappa shape index (κ3) is 5.10. The van der Waals surface area contributed by atoms with Crippen LogP contribution in [0.1, 0.15) is 40.2 Å². The summed E-state index contributed by atoms with van der Waals surface area (Å²) in [5, 5.41) is 8.96. The average Bonchev–Trinajstić information content (AvgIpc) is 2.30. The molecule has 0 spiro atoms. The Morgan fingerprint density at radius 1 is 1.15 bits per heavy atom. The SMILES string of the molecule is CC(C)(C#N)Cc1cc(F)c(SNC(C)(C)C)cc1F. The fraction of sp³-hybridized carbons (Fsp3) is 0.533. The van der Waals surface area contributed by atoms with Gasteiger partial charge in [0, 0.05) is 5.54 Å². The van der Waals surface area contributed by atoms with Crippen molar-refractivity contribution in [2.75, 3.05) is 0 Å². The normalized spacial score (nSPS) is 12.3. The molecule has 1 rings (SSSR count). The quantitative estimate of drug-likeness (QED) is 0.834. The number of nitrogens with zero attached hydrogens (tertiary/aromatic N) is 1. The van der Waals surface area contributed by atoms with Crippen molar-refractivity contribution in [2.45, 2.75) is 51.5 Å². The molecule has 0 amide bonds. The first-order chi connectivity index (χ1) is 9.04. The van der Waals surface area contributed by atoms with Crippen LogP contribution >= 0.6 is 11.9 Å². The van der Waals surface area contributed by atoms with Crippen LogP contribution in [0.2, 0.25) is 0 Å². The van der Waals surface area contributed by atoms with E-state index >= 15 is 0 Å². The zero-order valence-electron chi connectivity index (χ0n) is 12.5. The number of benzene rings is 1. The number of nitriles is 1. The molecule has 1 N–H and O–H groups in total. The van der Waals surface area contributed by atoms with Gasteiger partial charge in [0.25, 0.3) is 0 Å². The Morgan fingerprint density at radius 2 is 1.75 bits per heavy atom. The minimum Gasteiger partial charge on any atom is -0.254 e. The molecule has 20 heavy (non-hydrogen) atoms. The first kappa shape index (κ1) is 16.9. The Balaban J connectivity index is 2.95. The monoisotopic (exact) mass is 298 g/mol. The molecule has 0 aliphatic carbocycles. The highest BCUT2D eigenvalue weighted by atomic mass is 32.2. The van der Waals surface area contributed by atoms with Crippen molar-refractivity contribution in [3.8, 4) is 6.07 Å². The fourth-order valence-electron chi connectivity index (χ4n) is 1.51. The summed E-state index contributed by atoms with van der Waals surface area (Å²) in [5.41, 5.74) is -0.685. The third-order valence-corrected chi connectivity index (χ3v) is 3.75. The van der Waals surface area contributed by atoms with Crippen molar-refractivity contribution in [1.82, 2.24) is 4.72 Å². The molecule has 0 aliphatic heterocycles. The highest BCUT2D eigenvalue weighted by molar-refractivity contribution is 7.97. The van der Waals surface area contributed by atoms with E-state index in [2.05, 4.69) is 10.8 Å². The number of hydrogen-bond acceptors (Lipinski definition) is 3. The molecule has 0 fully saturated rings. The van der Waals surface area contributed by atoms with Crippen molar-refractivity contribution < 1.29 is 8.78 Å². The van der Waals surface area contributed by atoms with Crippen LogP contribution in [0.5, 0.6) is 0 Å². The smallest absolute Gasteiger partial charge is 0.138 e. The largest absolute Gasteiger partial charge is 0.254 e. The van der Waals surface area contributed by atoms with Crippen molar-refractivity contribution in [1.29, 1.82) is 5.26 Å². The molecule has 0 saturated heterocycles. The minimum absolute atomic E-state index is 0.184. The molecule has 1 aromatic rings. The number of rotatable bonds is 4. The summed E-state index contributed by atoms with van der Waals surface area (Å²) in [7, 11) is 0. The van der Waals surface area contributed by atoms with Crippen LogP contribution in [-0.2, 0) is 6.42 Å². The predicted molar refractivity (Wildman–Crippen MR) is 78.2 cm³/mol. The molecule has 0 bridgehead atoms. The number of hydrogen-bond donors (Lipinski definition) is 1. The summed E-state index contributed by atoms with van der Waals surface area (Å²) in [6.45, 7) is 9.23. The van der Waals surface area contributed by atoms with E-state index < -0.39 is 17.0 Å². The van der Waals surface area contributed by atoms with Crippen LogP contribution < -0.4 is 4.72 Å². The fourth-order valence-corrected chi connectivity index (χ4v) is 2.24. The molecule has 0 unspecified atom stereocenters. The molecular formula is C15H20F2N2S. The number of halogens is 2. The van der Waals surface area contributed by atoms with Gasteiger partial charge in [0.1, 0.15) is 11.6 Å². The molecule has 5 heteroatoms. The Morgan fingerprint density at radius 3 is 2.25 bits per heavy atom. The van der Waals surface area contributed by atoms with Gasteiger partial charge in [-0.2, -0.15) is 5.26 Å². The Hall–Kier alpha value is -1.12. The highest BCUT2D eigenvalue weighted by Gasteiger charge is 2.21. The van der Waals surface area contributed by atoms with Crippen molar-refractivity contribution in [2.24, 2.45) is 5.41 Å². The molecule has 0 aliphatic rings. The van der Waals surface area contributed by atoms with Crippen LogP contribution in [0.15, 0.2) is 17.0 Å². The second-order valence-electron chi connectivity index (χ2n) is 6.50. The van der Waals surface area contributed by atoms with Gasteiger partial charge in [-0.1, -0.05) is 0 Å². The molecule has 0 saturated carbocycles. The Kier molecular flexibility index (Phi) is 5.17. The summed E-state index contributed by atoms with van der Waals surface area (Å²) < 4.78 is 31.0. The van der Waals surface area contributed by atoms with E-state index in [0.29, 0.717) is 0 Å². The zero-order valence-corrected chi connectivity index (χ0v) is 13.3. The Bertz CT molecular complexity index is 528. The van der Waals surface area contributed by atoms with Gasteiger partial charge in [0.15, 0.2) is 0 Å². The van der Waals surface area contributed by atoms with Gasteiger partial charge in [-0.05, 0) is 70.7 Å². The molecule has 0 aromatic heterocycles. The van der Waals surface area contributed by atoms with Gasteiger partial charge in [0.05, 0.1) is 16.4 Å². The van der Waals surface area contributed by atoms with E-state index in [9.17, 15) is 8.78 Å². The maximum atomic E-state index is 14.0. The van der Waals surface area contributed by atoms with E-state index in [-0.39, 0.29) is 22.4 Å². The van der Waals surface area contributed by atoms with Crippen LogP contribution in [0.4, 0.5) is 8.78 Å². The highest BCUT2D eigenvalue weighted by Crippen LogP contribution is 2.28. The maximum absolute atomic E-state index is 14.0. The van der Waals surface area contributed by atoms with Gasteiger partial charge in [-0.3, -0.25) is 4.72 Å². The lowest BCUT2D eigenvalue weighted by Gasteiger charge is -2.20. The lowest BCUT2D eigenvalue weighted by atomic mass is 9.87. The van der Waals surface area contributed by atoms with Gasteiger partial charge < -0.3 is 0 Å². The summed E-state index contributed by atoms with van der Waals surface area (Å²) in [6.07, 6.45) is 0.184. The minimum atomic E-state index is -0.717. The van der Waals surface area contributed by atoms with Gasteiger partial charge >= 0.3 is 0 Å². The van der Waals surface area contributed by atoms with Crippen molar-refractivity contribution in [3.63, 3.8) is 0 Å². The predicted octanol–water partition coefficient (Wildman–Crippen LogP) is 4.45. The maximum Gasteiger partial charge on any atom is 0.138 e. The average molecular weight is 298 g/mol. The van der Waals surface area contributed by atoms with Crippen molar-refractivity contribution in [3.05, 3.63) is 29.3 Å². The van der Waals surface area contributed by atoms with Crippen LogP contribution in [0.25, 0.3) is 0 Å². The number of nitrogens with one attached hydrogen (secondary N) is 1. The van der Waals surface area contributed by atoms with E-state index in [1.165, 1.54) is 12.1 Å². The molecule has 0 radical (unpaired) electrons. The van der Waals surface area contributed by atoms with Gasteiger partial charge in [-0.25, -0.2) is 8.78 Å². The van der Waals surface area contributed by atoms with E-state index in [1.807, 2.05) is 20.8 Å². The van der Waals surface area contributed by atoms with Crippen LogP contribution in [0.3, 0.4) is 0 Å². The van der Waals surface area contributed by atoms with E-state index in [1.54, 1.807) is 13.8 Å². The molecule has 1 aromatic carbocycles. The first-order valence-electron chi connectivity index (χ1n) is 6.37. The van der Waals surface area contributed by atoms with Crippen molar-refractivity contribution >= 4 is 11.9 Å². The summed E-state index contributed by atoms with van der Waals surface area (Å²) in [5.74, 6) is -0.954. The molecule has 0 heterocycles. The molecule has 0 atom stereocenters. The molecule has 2 nitrogen and oxygen atoms in total. The second-order valence-corrected chi connectivity index (χ2v) is 7.35. The molecule has 110 valence electrons. The summed E-state index contributed by atoms with van der Waals surface area (Å²) in [6, 6.07) is 4.45. The van der Waals surface area contributed by atoms with Crippen LogP contribution in [-0.4, -0.2) is 5.54 Å². The van der Waals surface area contributed by atoms with E-state index in [0.717, 1.165) is 11.9 Å². The van der Waals surface area contributed by atoms with Gasteiger partial charge in [0.2, 0.25) is 0 Å². The summed E-state index contributed by atoms with van der Waals surface area (Å²) in [4.78, 5) is 0.218. The summed E-state index contributed by atoms with van der Waals surface area (Å²) >= 11 is 1.07. The topological polar surface area (TPSA) is 35.8 Å². The van der Waals surface area contributed by atoms with Crippen LogP contribution in [0, 0.1) is 28.4 Å². The first-order valence-corrected chi connectivity index (χ1v) is 7.19. The van der Waals surface area contributed by atoms with E-state index in [4.69, 9.17) is 5.26 Å². The Labute approximate surface area is 123 Å². The lowest BCUT2D eigenvalue weighted by molar-refractivity contribution is 0.470. The third-order valence-electron chi connectivity index (χ3n) is 2.50. The lowest BCUT2D eigenvalue weighted by Crippen LogP contribution is -2.29. The van der Waals surface area contributed by atoms with Gasteiger partial charge in [-0.15, -0.1) is 0 Å². The zero-order chi connectivity index (χ0) is 15.6.